The smallest absolute Gasteiger partial charge is 0.339 e. The second-order valence-corrected chi connectivity index (χ2v) is 7.04. The van der Waals surface area contributed by atoms with Crippen molar-refractivity contribution >= 4 is 33.5 Å². The number of pyridine rings is 1. The number of carbonyl (C=O) groups is 1. The summed E-state index contributed by atoms with van der Waals surface area (Å²) >= 11 is 0. The minimum atomic E-state index is -0.584. The largest absolute Gasteiger partial charge is 0.507 e. The monoisotopic (exact) mass is 412 g/mol. The quantitative estimate of drug-likeness (QED) is 0.281. The predicted molar refractivity (Wildman–Crippen MR) is 117 cm³/mol. The van der Waals surface area contributed by atoms with E-state index in [0.29, 0.717) is 28.4 Å². The number of imidazole rings is 1. The maximum absolute atomic E-state index is 13.0. The summed E-state index contributed by atoms with van der Waals surface area (Å²) in [7, 11) is 0. The lowest BCUT2D eigenvalue weighted by atomic mass is 10.0. The number of H-pyrrole nitrogens is 1. The molecule has 154 valence electrons. The molecule has 4 rings (SSSR count). The number of nitrogens with zero attached hydrogens (tertiary/aromatic N) is 3. The third-order valence-corrected chi connectivity index (χ3v) is 5.14. The number of fused-ring (bicyclic) bond motifs is 2. The van der Waals surface area contributed by atoms with Crippen LogP contribution in [0.15, 0.2) is 54.3 Å². The van der Waals surface area contributed by atoms with Crippen LogP contribution in [0.5, 0.6) is 0 Å². The van der Waals surface area contributed by atoms with E-state index < -0.39 is 12.6 Å². The molecule has 0 radical (unpaired) electrons. The molecule has 0 aliphatic heterocycles. The van der Waals surface area contributed by atoms with Crippen molar-refractivity contribution in [2.45, 2.75) is 20.3 Å². The molecule has 2 N–H and O–H groups in total. The van der Waals surface area contributed by atoms with Crippen LogP contribution in [-0.2, 0) is 11.2 Å². The van der Waals surface area contributed by atoms with Crippen LogP contribution in [0.25, 0.3) is 27.5 Å². The number of carbonyl (C=O) groups excluding carboxylic acids is 1. The average Bonchev–Trinajstić information content (AvgIpc) is 3.21. The number of aromatic amines is 1. The van der Waals surface area contributed by atoms with E-state index in [0.717, 1.165) is 16.8 Å². The van der Waals surface area contributed by atoms with Gasteiger partial charge in [-0.05, 0) is 37.1 Å². The normalized spacial score (nSPS) is 11.9. The summed E-state index contributed by atoms with van der Waals surface area (Å²) in [5, 5.41) is 20.7. The van der Waals surface area contributed by atoms with Crippen LogP contribution in [0.2, 0.25) is 0 Å². The van der Waals surface area contributed by atoms with E-state index >= 15 is 0 Å². The molecular weight excluding hydrogens is 392 g/mol. The molecule has 31 heavy (non-hydrogen) atoms. The zero-order valence-corrected chi connectivity index (χ0v) is 17.1. The fourth-order valence-electron chi connectivity index (χ4n) is 3.57. The summed E-state index contributed by atoms with van der Waals surface area (Å²) in [6.45, 7) is 3.36. The Bertz CT molecular complexity index is 1350. The van der Waals surface area contributed by atoms with Gasteiger partial charge in [0.2, 0.25) is 0 Å². The first-order chi connectivity index (χ1) is 15.0. The van der Waals surface area contributed by atoms with Crippen molar-refractivity contribution < 1.29 is 14.6 Å². The van der Waals surface area contributed by atoms with Crippen molar-refractivity contribution in [2.24, 2.45) is 0 Å². The van der Waals surface area contributed by atoms with Crippen LogP contribution in [0, 0.1) is 18.3 Å². The molecule has 0 aliphatic carbocycles. The van der Waals surface area contributed by atoms with E-state index in [9.17, 15) is 15.2 Å². The highest BCUT2D eigenvalue weighted by molar-refractivity contribution is 6.05. The Hall–Kier alpha value is -4.18. The zero-order valence-electron chi connectivity index (χ0n) is 17.1. The summed E-state index contributed by atoms with van der Waals surface area (Å²) in [6.07, 6.45) is 0.673. The number of allylic oxidation sites excluding steroid dienone is 1. The number of aryl methyl sites for hydroxylation is 1. The molecule has 0 saturated carbocycles. The van der Waals surface area contributed by atoms with Crippen LogP contribution < -0.4 is 0 Å². The van der Waals surface area contributed by atoms with E-state index in [1.807, 2.05) is 62.4 Å². The van der Waals surface area contributed by atoms with Crippen LogP contribution in [0.1, 0.15) is 34.4 Å². The van der Waals surface area contributed by atoms with Gasteiger partial charge in [-0.1, -0.05) is 37.3 Å². The highest BCUT2D eigenvalue weighted by Crippen LogP contribution is 2.25. The third-order valence-electron chi connectivity index (χ3n) is 5.14. The molecule has 2 aromatic heterocycles. The molecule has 7 heteroatoms. The van der Waals surface area contributed by atoms with Crippen LogP contribution in [0.4, 0.5) is 0 Å². The molecule has 0 bridgehead atoms. The van der Waals surface area contributed by atoms with E-state index in [4.69, 9.17) is 4.74 Å². The number of hydrogen-bond donors (Lipinski definition) is 2. The topological polar surface area (TPSA) is 112 Å². The first kappa shape index (κ1) is 20.1. The molecule has 2 aromatic carbocycles. The zero-order chi connectivity index (χ0) is 22.0. The van der Waals surface area contributed by atoms with Crippen molar-refractivity contribution in [2.75, 3.05) is 6.61 Å². The number of benzene rings is 2. The number of esters is 1. The highest BCUT2D eigenvalue weighted by Gasteiger charge is 2.20. The summed E-state index contributed by atoms with van der Waals surface area (Å²) < 4.78 is 5.39. The molecule has 2 heterocycles. The first-order valence-corrected chi connectivity index (χ1v) is 9.86. The average molecular weight is 412 g/mol. The Kier molecular flexibility index (Phi) is 5.37. The van der Waals surface area contributed by atoms with Gasteiger partial charge >= 0.3 is 5.97 Å². The highest BCUT2D eigenvalue weighted by atomic mass is 16.5. The second kappa shape index (κ2) is 8.28. The Morgan fingerprint density at radius 1 is 1.13 bits per heavy atom. The Labute approximate surface area is 178 Å². The third kappa shape index (κ3) is 3.71. The number of nitriles is 1. The summed E-state index contributed by atoms with van der Waals surface area (Å²) in [5.41, 5.74) is 4.00. The molecule has 7 nitrogen and oxygen atoms in total. The number of aromatic nitrogens is 3. The van der Waals surface area contributed by atoms with Crippen molar-refractivity contribution in [1.82, 2.24) is 15.0 Å². The maximum Gasteiger partial charge on any atom is 0.339 e. The van der Waals surface area contributed by atoms with Gasteiger partial charge in [0.15, 0.2) is 11.6 Å². The fraction of sp³-hybridized carbons (Fsp3) is 0.167. The minimum absolute atomic E-state index is 0.0745. The molecule has 0 aliphatic rings. The number of aliphatic hydroxyl groups is 1. The van der Waals surface area contributed by atoms with E-state index in [1.54, 1.807) is 6.07 Å². The molecule has 4 aromatic rings. The SMILES string of the molecule is CCc1nc2ccccc2c(C(=O)OCC(O)=C(C#N)c2nc3ccccc3[nH]2)c1C. The Morgan fingerprint density at radius 3 is 2.55 bits per heavy atom. The predicted octanol–water partition coefficient (Wildman–Crippen LogP) is 4.63. The van der Waals surface area contributed by atoms with Crippen LogP contribution in [-0.4, -0.2) is 32.6 Å². The number of nitrogens with one attached hydrogen (secondary N) is 1. The van der Waals surface area contributed by atoms with Gasteiger partial charge in [-0.2, -0.15) is 5.26 Å². The van der Waals surface area contributed by atoms with E-state index in [2.05, 4.69) is 15.0 Å². The standard InChI is InChI=1S/C24H20N4O3/c1-3-17-14(2)22(15-8-4-5-9-18(15)26-17)24(30)31-13-21(29)16(12-25)23-27-19-10-6-7-11-20(19)28-23/h4-11,29H,3,13H2,1-2H3,(H,27,28). The number of ether oxygens (including phenoxy) is 1. The molecule has 0 amide bonds. The van der Waals surface area contributed by atoms with E-state index in [1.165, 1.54) is 0 Å². The molecule has 0 spiro atoms. The van der Waals surface area contributed by atoms with Gasteiger partial charge in [0.25, 0.3) is 0 Å². The van der Waals surface area contributed by atoms with Gasteiger partial charge < -0.3 is 14.8 Å². The molecule has 0 unspecified atom stereocenters. The number of rotatable bonds is 5. The van der Waals surface area contributed by atoms with Crippen molar-refractivity contribution in [3.8, 4) is 6.07 Å². The Balaban J connectivity index is 1.65. The van der Waals surface area contributed by atoms with Gasteiger partial charge in [0.1, 0.15) is 18.2 Å². The molecule has 0 fully saturated rings. The van der Waals surface area contributed by atoms with Gasteiger partial charge in [0, 0.05) is 11.1 Å². The summed E-state index contributed by atoms with van der Waals surface area (Å²) in [6, 6.07) is 16.6. The van der Waals surface area contributed by atoms with Crippen molar-refractivity contribution in [3.63, 3.8) is 0 Å². The second-order valence-electron chi connectivity index (χ2n) is 7.04. The summed E-state index contributed by atoms with van der Waals surface area (Å²) in [5.74, 6) is -0.739. The fourth-order valence-corrected chi connectivity index (χ4v) is 3.57. The first-order valence-electron chi connectivity index (χ1n) is 9.86. The van der Waals surface area contributed by atoms with Gasteiger partial charge in [-0.3, -0.25) is 4.98 Å². The lowest BCUT2D eigenvalue weighted by Crippen LogP contribution is -2.13. The van der Waals surface area contributed by atoms with E-state index in [-0.39, 0.29) is 17.2 Å². The van der Waals surface area contributed by atoms with Crippen molar-refractivity contribution in [1.29, 1.82) is 5.26 Å². The molecular formula is C24H20N4O3. The van der Waals surface area contributed by atoms with Crippen LogP contribution >= 0.6 is 0 Å². The lowest BCUT2D eigenvalue weighted by molar-refractivity contribution is 0.0504. The molecule has 0 saturated heterocycles. The summed E-state index contributed by atoms with van der Waals surface area (Å²) in [4.78, 5) is 24.9. The van der Waals surface area contributed by atoms with Crippen molar-refractivity contribution in [3.05, 3.63) is 76.9 Å². The minimum Gasteiger partial charge on any atom is -0.507 e. The lowest BCUT2D eigenvalue weighted by Gasteiger charge is -2.13. The van der Waals surface area contributed by atoms with Crippen LogP contribution in [0.3, 0.4) is 0 Å². The Morgan fingerprint density at radius 2 is 1.84 bits per heavy atom. The maximum atomic E-state index is 13.0. The van der Waals surface area contributed by atoms with Gasteiger partial charge in [0.05, 0.1) is 22.1 Å². The number of para-hydroxylation sites is 3. The molecule has 0 atom stereocenters. The van der Waals surface area contributed by atoms with Gasteiger partial charge in [-0.25, -0.2) is 9.78 Å². The van der Waals surface area contributed by atoms with Gasteiger partial charge in [-0.15, -0.1) is 0 Å². The number of hydrogen-bond acceptors (Lipinski definition) is 6. The number of aliphatic hydroxyl groups excluding tert-OH is 1.